The van der Waals surface area contributed by atoms with Crippen molar-refractivity contribution >= 4 is 21.8 Å². The van der Waals surface area contributed by atoms with Crippen molar-refractivity contribution in [1.29, 1.82) is 0 Å². The summed E-state index contributed by atoms with van der Waals surface area (Å²) in [5.41, 5.74) is 1.18. The van der Waals surface area contributed by atoms with Crippen LogP contribution in [0.3, 0.4) is 0 Å². The van der Waals surface area contributed by atoms with Crippen LogP contribution in [0.15, 0.2) is 22.7 Å². The first-order valence-corrected chi connectivity index (χ1v) is 6.66. The second kappa shape index (κ2) is 6.41. The van der Waals surface area contributed by atoms with E-state index in [9.17, 15) is 18.0 Å². The maximum absolute atomic E-state index is 12.5. The molecule has 19 heavy (non-hydrogen) atoms. The first-order chi connectivity index (χ1) is 8.74. The van der Waals surface area contributed by atoms with Gasteiger partial charge in [-0.1, -0.05) is 13.0 Å². The van der Waals surface area contributed by atoms with Crippen LogP contribution in [0.4, 0.5) is 13.2 Å². The number of hydrogen-bond acceptors (Lipinski definition) is 1. The average Bonchev–Trinajstić information content (AvgIpc) is 2.26. The zero-order valence-electron chi connectivity index (χ0n) is 10.7. The first-order valence-electron chi connectivity index (χ1n) is 5.86. The summed E-state index contributed by atoms with van der Waals surface area (Å²) in [6, 6.07) is 4.96. The summed E-state index contributed by atoms with van der Waals surface area (Å²) in [5.74, 6) is -0.606. The normalized spacial score (nSPS) is 11.5. The van der Waals surface area contributed by atoms with Crippen LogP contribution in [0.5, 0.6) is 0 Å². The van der Waals surface area contributed by atoms with Gasteiger partial charge in [0.2, 0.25) is 0 Å². The van der Waals surface area contributed by atoms with Gasteiger partial charge in [-0.25, -0.2) is 0 Å². The molecule has 0 saturated carbocycles. The van der Waals surface area contributed by atoms with Gasteiger partial charge in [-0.05, 0) is 47.0 Å². The summed E-state index contributed by atoms with van der Waals surface area (Å²) in [4.78, 5) is 13.0. The number of alkyl halides is 3. The van der Waals surface area contributed by atoms with E-state index in [0.717, 1.165) is 10.5 Å². The fourth-order valence-corrected chi connectivity index (χ4v) is 2.37. The van der Waals surface area contributed by atoms with Crippen LogP contribution in [-0.2, 0) is 0 Å². The SMILES string of the molecule is CCCN(CC(F)(F)F)C(=O)c1ccc(C)cc1Br. The van der Waals surface area contributed by atoms with Crippen molar-refractivity contribution in [2.24, 2.45) is 0 Å². The molecule has 1 aromatic carbocycles. The van der Waals surface area contributed by atoms with E-state index in [2.05, 4.69) is 15.9 Å². The van der Waals surface area contributed by atoms with Crippen LogP contribution < -0.4 is 0 Å². The fourth-order valence-electron chi connectivity index (χ4n) is 1.70. The average molecular weight is 338 g/mol. The molecule has 6 heteroatoms. The molecule has 0 atom stereocenters. The minimum Gasteiger partial charge on any atom is -0.330 e. The number of nitrogens with zero attached hydrogens (tertiary/aromatic N) is 1. The lowest BCUT2D eigenvalue weighted by Crippen LogP contribution is -2.39. The molecule has 0 aliphatic carbocycles. The van der Waals surface area contributed by atoms with Crippen LogP contribution in [0, 0.1) is 6.92 Å². The number of amides is 1. The summed E-state index contributed by atoms with van der Waals surface area (Å²) in [7, 11) is 0. The second-order valence-corrected chi connectivity index (χ2v) is 5.18. The van der Waals surface area contributed by atoms with Gasteiger partial charge >= 0.3 is 6.18 Å². The standard InChI is InChI=1S/C13H15BrF3NO/c1-3-6-18(8-13(15,16)17)12(19)10-5-4-9(2)7-11(10)14/h4-5,7H,3,6,8H2,1-2H3. The minimum atomic E-state index is -4.39. The van der Waals surface area contributed by atoms with Crippen molar-refractivity contribution in [2.45, 2.75) is 26.4 Å². The van der Waals surface area contributed by atoms with Gasteiger partial charge in [-0.2, -0.15) is 13.2 Å². The number of rotatable bonds is 4. The molecule has 0 aliphatic heterocycles. The summed E-state index contributed by atoms with van der Waals surface area (Å²) in [6.45, 7) is 2.44. The predicted molar refractivity (Wildman–Crippen MR) is 71.1 cm³/mol. The largest absolute Gasteiger partial charge is 0.406 e. The fraction of sp³-hybridized carbons (Fsp3) is 0.462. The topological polar surface area (TPSA) is 20.3 Å². The highest BCUT2D eigenvalue weighted by Gasteiger charge is 2.33. The molecular weight excluding hydrogens is 323 g/mol. The zero-order valence-corrected chi connectivity index (χ0v) is 12.3. The highest BCUT2D eigenvalue weighted by molar-refractivity contribution is 9.10. The summed E-state index contributed by atoms with van der Waals surface area (Å²) in [6.07, 6.45) is -3.91. The van der Waals surface area contributed by atoms with Gasteiger partial charge in [0.15, 0.2) is 0 Å². The molecule has 0 bridgehead atoms. The van der Waals surface area contributed by atoms with Gasteiger partial charge < -0.3 is 4.90 Å². The number of halogens is 4. The Balaban J connectivity index is 2.99. The highest BCUT2D eigenvalue weighted by atomic mass is 79.9. The highest BCUT2D eigenvalue weighted by Crippen LogP contribution is 2.23. The third-order valence-corrected chi connectivity index (χ3v) is 3.16. The van der Waals surface area contributed by atoms with E-state index in [1.54, 1.807) is 25.1 Å². The predicted octanol–water partition coefficient (Wildman–Crippen LogP) is 4.17. The van der Waals surface area contributed by atoms with Gasteiger partial charge in [0.05, 0.1) is 5.56 Å². The molecule has 0 fully saturated rings. The van der Waals surface area contributed by atoms with Crippen LogP contribution in [0.2, 0.25) is 0 Å². The monoisotopic (exact) mass is 337 g/mol. The zero-order chi connectivity index (χ0) is 14.6. The molecule has 0 N–H and O–H groups in total. The van der Waals surface area contributed by atoms with Crippen molar-refractivity contribution < 1.29 is 18.0 Å². The Kier molecular flexibility index (Phi) is 5.40. The van der Waals surface area contributed by atoms with Crippen LogP contribution in [-0.4, -0.2) is 30.1 Å². The molecule has 0 aromatic heterocycles. The van der Waals surface area contributed by atoms with E-state index in [0.29, 0.717) is 10.9 Å². The van der Waals surface area contributed by atoms with E-state index in [1.807, 2.05) is 6.92 Å². The second-order valence-electron chi connectivity index (χ2n) is 4.33. The summed E-state index contributed by atoms with van der Waals surface area (Å²) < 4.78 is 37.9. The molecule has 0 heterocycles. The molecule has 1 rings (SSSR count). The molecular formula is C13H15BrF3NO. The first kappa shape index (κ1) is 16.0. The van der Waals surface area contributed by atoms with Crippen LogP contribution in [0.1, 0.15) is 29.3 Å². The van der Waals surface area contributed by atoms with Gasteiger partial charge in [0, 0.05) is 11.0 Å². The van der Waals surface area contributed by atoms with E-state index in [1.165, 1.54) is 0 Å². The molecule has 0 aliphatic rings. The molecule has 0 radical (unpaired) electrons. The molecule has 0 saturated heterocycles. The van der Waals surface area contributed by atoms with E-state index in [4.69, 9.17) is 0 Å². The maximum atomic E-state index is 12.5. The minimum absolute atomic E-state index is 0.0820. The number of benzene rings is 1. The lowest BCUT2D eigenvalue weighted by molar-refractivity contribution is -0.140. The van der Waals surface area contributed by atoms with Gasteiger partial charge in [-0.3, -0.25) is 4.79 Å². The van der Waals surface area contributed by atoms with Gasteiger partial charge in [0.1, 0.15) is 6.54 Å². The molecule has 0 unspecified atom stereocenters. The summed E-state index contributed by atoms with van der Waals surface area (Å²) in [5, 5.41) is 0. The Morgan fingerprint density at radius 1 is 1.37 bits per heavy atom. The Hall–Kier alpha value is -1.04. The number of carbonyl (C=O) groups excluding carboxylic acids is 1. The molecule has 1 amide bonds. The Labute approximate surface area is 118 Å². The lowest BCUT2D eigenvalue weighted by Gasteiger charge is -2.24. The van der Waals surface area contributed by atoms with E-state index in [-0.39, 0.29) is 12.1 Å². The maximum Gasteiger partial charge on any atom is 0.406 e. The Bertz CT molecular complexity index is 460. The van der Waals surface area contributed by atoms with Crippen molar-refractivity contribution in [3.8, 4) is 0 Å². The third-order valence-electron chi connectivity index (χ3n) is 2.51. The quantitative estimate of drug-likeness (QED) is 0.807. The van der Waals surface area contributed by atoms with E-state index >= 15 is 0 Å². The lowest BCUT2D eigenvalue weighted by atomic mass is 10.1. The van der Waals surface area contributed by atoms with Crippen molar-refractivity contribution in [3.05, 3.63) is 33.8 Å². The van der Waals surface area contributed by atoms with Crippen molar-refractivity contribution in [3.63, 3.8) is 0 Å². The molecule has 2 nitrogen and oxygen atoms in total. The third kappa shape index (κ3) is 4.86. The van der Waals surface area contributed by atoms with Crippen molar-refractivity contribution in [1.82, 2.24) is 4.90 Å². The number of carbonyl (C=O) groups is 1. The van der Waals surface area contributed by atoms with E-state index < -0.39 is 18.6 Å². The van der Waals surface area contributed by atoms with Crippen LogP contribution in [0.25, 0.3) is 0 Å². The van der Waals surface area contributed by atoms with Crippen LogP contribution >= 0.6 is 15.9 Å². The molecule has 0 spiro atoms. The summed E-state index contributed by atoms with van der Waals surface area (Å²) >= 11 is 3.22. The molecule has 1 aromatic rings. The Morgan fingerprint density at radius 3 is 2.47 bits per heavy atom. The molecule has 106 valence electrons. The number of aryl methyl sites for hydroxylation is 1. The van der Waals surface area contributed by atoms with Crippen molar-refractivity contribution in [2.75, 3.05) is 13.1 Å². The smallest absolute Gasteiger partial charge is 0.330 e. The van der Waals surface area contributed by atoms with Gasteiger partial charge in [-0.15, -0.1) is 0 Å². The Morgan fingerprint density at radius 2 is 2.00 bits per heavy atom. The number of hydrogen-bond donors (Lipinski definition) is 0. The van der Waals surface area contributed by atoms with Gasteiger partial charge in [0.25, 0.3) is 5.91 Å².